The zero-order valence-electron chi connectivity index (χ0n) is 5.90. The van der Waals surface area contributed by atoms with Crippen molar-refractivity contribution >= 4 is 5.69 Å². The monoisotopic (exact) mass is 170 g/mol. The van der Waals surface area contributed by atoms with Crippen molar-refractivity contribution in [2.24, 2.45) is 0 Å². The number of para-hydroxylation sites is 1. The molecule has 0 amide bonds. The van der Waals surface area contributed by atoms with E-state index in [9.17, 15) is 14.5 Å². The van der Waals surface area contributed by atoms with Crippen molar-refractivity contribution in [3.05, 3.63) is 40.6 Å². The number of hydrogen-bond donors (Lipinski definition) is 1. The molecule has 0 heterocycles. The highest BCUT2D eigenvalue weighted by atomic mass is 19.1. The minimum atomic E-state index is -0.775. The van der Waals surface area contributed by atoms with Crippen LogP contribution in [-0.4, -0.2) is 10.0 Å². The van der Waals surface area contributed by atoms with Gasteiger partial charge in [-0.05, 0) is 0 Å². The molecule has 63 valence electrons. The lowest BCUT2D eigenvalue weighted by Crippen LogP contribution is -1.90. The molecule has 0 spiro atoms. The fourth-order valence-corrected chi connectivity index (χ4v) is 0.784. The maximum absolute atomic E-state index is 11.9. The van der Waals surface area contributed by atoms with Gasteiger partial charge in [0.1, 0.15) is 0 Å². The Morgan fingerprint density at radius 3 is 2.75 bits per heavy atom. The van der Waals surface area contributed by atoms with Crippen LogP contribution >= 0.6 is 0 Å². The second-order valence-electron chi connectivity index (χ2n) is 2.08. The summed E-state index contributed by atoms with van der Waals surface area (Å²) >= 11 is 0. The lowest BCUT2D eigenvalue weighted by atomic mass is 10.2. The van der Waals surface area contributed by atoms with Gasteiger partial charge in [0.2, 0.25) is 5.75 Å². The molecule has 1 aromatic rings. The SMILES string of the molecule is O=[N+]([O-])c1cccc([CH]F)c1O. The van der Waals surface area contributed by atoms with Gasteiger partial charge in [-0.15, -0.1) is 0 Å². The van der Waals surface area contributed by atoms with Gasteiger partial charge in [-0.25, -0.2) is 4.39 Å². The van der Waals surface area contributed by atoms with E-state index >= 15 is 0 Å². The highest BCUT2D eigenvalue weighted by molar-refractivity contribution is 5.52. The topological polar surface area (TPSA) is 63.4 Å². The van der Waals surface area contributed by atoms with Crippen molar-refractivity contribution in [1.82, 2.24) is 0 Å². The van der Waals surface area contributed by atoms with Crippen molar-refractivity contribution in [3.63, 3.8) is 0 Å². The molecule has 0 fully saturated rings. The molecule has 1 aromatic carbocycles. The predicted octanol–water partition coefficient (Wildman–Crippen LogP) is 1.78. The summed E-state index contributed by atoms with van der Waals surface area (Å²) in [6, 6.07) is 3.63. The van der Waals surface area contributed by atoms with Gasteiger partial charge >= 0.3 is 5.69 Å². The lowest BCUT2D eigenvalue weighted by Gasteiger charge is -1.98. The van der Waals surface area contributed by atoms with E-state index in [1.54, 1.807) is 0 Å². The van der Waals surface area contributed by atoms with Gasteiger partial charge < -0.3 is 5.11 Å². The normalized spacial score (nSPS) is 9.75. The number of nitro groups is 1. The molecule has 1 radical (unpaired) electrons. The Balaban J connectivity index is 3.23. The lowest BCUT2D eigenvalue weighted by molar-refractivity contribution is -0.385. The third kappa shape index (κ3) is 1.34. The average molecular weight is 170 g/mol. The molecular weight excluding hydrogens is 165 g/mol. The molecule has 0 aromatic heterocycles. The zero-order valence-corrected chi connectivity index (χ0v) is 5.90. The van der Waals surface area contributed by atoms with Crippen LogP contribution in [0.5, 0.6) is 5.75 Å². The molecular formula is C7H5FNO3. The number of benzene rings is 1. The second-order valence-corrected chi connectivity index (χ2v) is 2.08. The van der Waals surface area contributed by atoms with E-state index in [0.717, 1.165) is 6.07 Å². The van der Waals surface area contributed by atoms with Crippen LogP contribution in [0.3, 0.4) is 0 Å². The van der Waals surface area contributed by atoms with Gasteiger partial charge in [0, 0.05) is 11.6 Å². The molecule has 0 unspecified atom stereocenters. The van der Waals surface area contributed by atoms with Crippen LogP contribution in [-0.2, 0) is 0 Å². The Kier molecular flexibility index (Phi) is 2.23. The average Bonchev–Trinajstić information content (AvgIpc) is 2.04. The fraction of sp³-hybridized carbons (Fsp3) is 0. The van der Waals surface area contributed by atoms with Gasteiger partial charge in [0.25, 0.3) is 0 Å². The van der Waals surface area contributed by atoms with Crippen LogP contribution in [0, 0.1) is 16.8 Å². The minimum Gasteiger partial charge on any atom is -0.502 e. The number of rotatable bonds is 2. The molecule has 0 aliphatic carbocycles. The number of nitrogens with zero attached hydrogens (tertiary/aromatic N) is 1. The number of phenols is 1. The molecule has 0 saturated heterocycles. The third-order valence-corrected chi connectivity index (χ3v) is 1.36. The van der Waals surface area contributed by atoms with Crippen molar-refractivity contribution in [1.29, 1.82) is 0 Å². The number of aromatic hydroxyl groups is 1. The first kappa shape index (κ1) is 8.45. The molecule has 1 rings (SSSR count). The Bertz CT molecular complexity index is 314. The molecule has 4 nitrogen and oxygen atoms in total. The zero-order chi connectivity index (χ0) is 9.14. The molecule has 12 heavy (non-hydrogen) atoms. The van der Waals surface area contributed by atoms with Crippen LogP contribution in [0.1, 0.15) is 5.56 Å². The smallest absolute Gasteiger partial charge is 0.311 e. The molecule has 1 N–H and O–H groups in total. The predicted molar refractivity (Wildman–Crippen MR) is 39.3 cm³/mol. The first-order chi connectivity index (χ1) is 5.66. The van der Waals surface area contributed by atoms with Crippen LogP contribution in [0.15, 0.2) is 18.2 Å². The van der Waals surface area contributed by atoms with Crippen LogP contribution in [0.25, 0.3) is 0 Å². The Morgan fingerprint density at radius 1 is 1.58 bits per heavy atom. The quantitative estimate of drug-likeness (QED) is 0.543. The summed E-state index contributed by atoms with van der Waals surface area (Å²) in [6.07, 6.45) is 0. The Hall–Kier alpha value is -1.65. The van der Waals surface area contributed by atoms with E-state index in [2.05, 4.69) is 0 Å². The first-order valence-corrected chi connectivity index (χ1v) is 3.06. The summed E-state index contributed by atoms with van der Waals surface area (Å²) in [6.45, 7) is 0.113. The largest absolute Gasteiger partial charge is 0.502 e. The standard InChI is InChI=1S/C7H5FNO3/c8-4-5-2-1-3-6(7(5)10)9(11)12/h1-4,10H. The summed E-state index contributed by atoms with van der Waals surface area (Å²) in [5.41, 5.74) is -0.689. The molecule has 0 atom stereocenters. The fourth-order valence-electron chi connectivity index (χ4n) is 0.784. The number of halogens is 1. The molecule has 0 aliphatic heterocycles. The van der Waals surface area contributed by atoms with Gasteiger partial charge in [-0.2, -0.15) is 0 Å². The van der Waals surface area contributed by atoms with Gasteiger partial charge in [0.15, 0.2) is 6.67 Å². The van der Waals surface area contributed by atoms with Crippen molar-refractivity contribution in [3.8, 4) is 5.75 Å². The Labute approximate surface area is 67.4 Å². The molecule has 0 aliphatic rings. The van der Waals surface area contributed by atoms with E-state index in [-0.39, 0.29) is 12.2 Å². The van der Waals surface area contributed by atoms with Crippen LogP contribution in [0.2, 0.25) is 0 Å². The Morgan fingerprint density at radius 2 is 2.25 bits per heavy atom. The van der Waals surface area contributed by atoms with Gasteiger partial charge in [-0.3, -0.25) is 10.1 Å². The number of nitro benzene ring substituents is 1. The third-order valence-electron chi connectivity index (χ3n) is 1.36. The highest BCUT2D eigenvalue weighted by Crippen LogP contribution is 2.30. The van der Waals surface area contributed by atoms with E-state index in [1.165, 1.54) is 12.1 Å². The van der Waals surface area contributed by atoms with E-state index in [0.29, 0.717) is 0 Å². The van der Waals surface area contributed by atoms with Crippen molar-refractivity contribution in [2.75, 3.05) is 0 Å². The summed E-state index contributed by atoms with van der Waals surface area (Å²) in [7, 11) is 0. The maximum Gasteiger partial charge on any atom is 0.311 e. The first-order valence-electron chi connectivity index (χ1n) is 3.06. The molecule has 0 bridgehead atoms. The van der Waals surface area contributed by atoms with E-state index in [1.807, 2.05) is 0 Å². The van der Waals surface area contributed by atoms with Crippen LogP contribution < -0.4 is 0 Å². The molecule has 5 heteroatoms. The van der Waals surface area contributed by atoms with Gasteiger partial charge in [-0.1, -0.05) is 12.1 Å². The maximum atomic E-state index is 11.9. The summed E-state index contributed by atoms with van der Waals surface area (Å²) < 4.78 is 11.9. The highest BCUT2D eigenvalue weighted by Gasteiger charge is 2.15. The number of phenolic OH excluding ortho intramolecular Hbond substituents is 1. The van der Waals surface area contributed by atoms with Crippen LogP contribution in [0.4, 0.5) is 10.1 Å². The number of hydrogen-bond acceptors (Lipinski definition) is 3. The molecule has 0 saturated carbocycles. The van der Waals surface area contributed by atoms with E-state index < -0.39 is 16.4 Å². The summed E-state index contributed by atoms with van der Waals surface area (Å²) in [5, 5.41) is 19.2. The second kappa shape index (κ2) is 3.17. The summed E-state index contributed by atoms with van der Waals surface area (Å²) in [4.78, 5) is 9.42. The minimum absolute atomic E-state index is 0.113. The van der Waals surface area contributed by atoms with Crippen molar-refractivity contribution in [2.45, 2.75) is 0 Å². The van der Waals surface area contributed by atoms with Crippen molar-refractivity contribution < 1.29 is 14.4 Å². The van der Waals surface area contributed by atoms with E-state index in [4.69, 9.17) is 5.11 Å². The summed E-state index contributed by atoms with van der Waals surface area (Å²) in [5.74, 6) is -0.648. The van der Waals surface area contributed by atoms with Gasteiger partial charge in [0.05, 0.1) is 4.92 Å².